The summed E-state index contributed by atoms with van der Waals surface area (Å²) >= 11 is 0. The molecule has 1 fully saturated rings. The molecule has 9 rings (SSSR count). The second-order valence-corrected chi connectivity index (χ2v) is 22.1. The molecule has 0 aliphatic heterocycles. The second kappa shape index (κ2) is 17.3. The summed E-state index contributed by atoms with van der Waals surface area (Å²) < 4.78 is 88.5. The molecular formula is C54H54IrN2OSi-2. The van der Waals surface area contributed by atoms with Crippen LogP contribution >= 0.6 is 0 Å². The van der Waals surface area contributed by atoms with Crippen molar-refractivity contribution in [2.24, 2.45) is 5.41 Å². The van der Waals surface area contributed by atoms with E-state index < -0.39 is 34.5 Å². The number of fused-ring (bicyclic) bond motifs is 3. The third-order valence-corrected chi connectivity index (χ3v) is 13.4. The van der Waals surface area contributed by atoms with Gasteiger partial charge >= 0.3 is 0 Å². The van der Waals surface area contributed by atoms with Gasteiger partial charge in [0, 0.05) is 57.2 Å². The van der Waals surface area contributed by atoms with Crippen LogP contribution in [0.2, 0.25) is 19.6 Å². The van der Waals surface area contributed by atoms with Gasteiger partial charge < -0.3 is 14.4 Å². The first-order valence-corrected chi connectivity index (χ1v) is 23.4. The number of benzene rings is 5. The first kappa shape index (κ1) is 31.0. The summed E-state index contributed by atoms with van der Waals surface area (Å²) in [5.41, 5.74) is 7.44. The molecule has 3 aromatic heterocycles. The molecule has 5 heteroatoms. The number of aromatic nitrogens is 2. The first-order valence-electron chi connectivity index (χ1n) is 24.9. The van der Waals surface area contributed by atoms with E-state index in [1.54, 1.807) is 36.4 Å². The molecule has 1 aliphatic carbocycles. The van der Waals surface area contributed by atoms with Gasteiger partial charge in [-0.2, -0.15) is 0 Å². The van der Waals surface area contributed by atoms with E-state index in [9.17, 15) is 1.37 Å². The van der Waals surface area contributed by atoms with Gasteiger partial charge in [-0.1, -0.05) is 128 Å². The molecule has 3 nitrogen and oxygen atoms in total. The Morgan fingerprint density at radius 1 is 0.695 bits per heavy atom. The summed E-state index contributed by atoms with van der Waals surface area (Å²) in [5, 5.41) is 3.18. The molecule has 1 saturated carbocycles. The Hall–Kier alpha value is -4.93. The second-order valence-electron chi connectivity index (χ2n) is 17.1. The maximum atomic E-state index is 9.33. The van der Waals surface area contributed by atoms with Crippen molar-refractivity contribution in [3.8, 4) is 44.8 Å². The van der Waals surface area contributed by atoms with Crippen LogP contribution in [0.3, 0.4) is 0 Å². The zero-order chi connectivity index (χ0) is 49.0. The molecule has 8 aromatic rings. The maximum absolute atomic E-state index is 9.33. The Labute approximate surface area is 379 Å². The number of pyridine rings is 2. The quantitative estimate of drug-likeness (QED) is 0.123. The van der Waals surface area contributed by atoms with Crippen molar-refractivity contribution in [1.82, 2.24) is 9.97 Å². The number of aryl methyl sites for hydroxylation is 3. The molecule has 0 N–H and O–H groups in total. The van der Waals surface area contributed by atoms with Gasteiger partial charge in [-0.05, 0) is 108 Å². The standard InChI is InChI=1S/C42H44NOSi.C12H10N.Ir/c1-27-24-31(29-20-22-42(3,4)23-21-29)16-19-33(27)38-25-39(43-26-28(38)2)37-13-9-12-36-35-11-8-10-34(40(35)44-41(36)37)30-14-17-32(18-15-30)45(5,6)7;1-10-7-8-12(13-9-10)11-5-3-2-4-6-11;/h8-12,14-19,24-26,29H,20-23H2,1-7H3;2-5,7-9H,1H3;/q2*-1;/i1D3,2D3,29D;1D3;. The van der Waals surface area contributed by atoms with Gasteiger partial charge in [-0.3, -0.25) is 0 Å². The minimum absolute atomic E-state index is 0. The van der Waals surface area contributed by atoms with Crippen LogP contribution in [0.25, 0.3) is 66.7 Å². The van der Waals surface area contributed by atoms with Crippen LogP contribution in [-0.4, -0.2) is 18.0 Å². The fraction of sp³-hybridized carbons (Fsp3) is 0.259. The predicted octanol–water partition coefficient (Wildman–Crippen LogP) is 14.5. The summed E-state index contributed by atoms with van der Waals surface area (Å²) in [5.74, 6) is -0.911. The molecule has 0 spiro atoms. The minimum atomic E-state index is -2.56. The predicted molar refractivity (Wildman–Crippen MR) is 247 cm³/mol. The van der Waals surface area contributed by atoms with Crippen LogP contribution in [0.1, 0.15) is 81.4 Å². The maximum Gasteiger partial charge on any atom is 0.128 e. The van der Waals surface area contributed by atoms with Crippen molar-refractivity contribution in [2.75, 3.05) is 0 Å². The van der Waals surface area contributed by atoms with Crippen LogP contribution in [-0.2, 0) is 20.1 Å². The molecule has 5 aromatic carbocycles. The van der Waals surface area contributed by atoms with Gasteiger partial charge in [0.15, 0.2) is 0 Å². The normalized spacial score (nSPS) is 17.8. The van der Waals surface area contributed by atoms with Gasteiger partial charge in [-0.15, -0.1) is 54.1 Å². The van der Waals surface area contributed by atoms with E-state index in [0.29, 0.717) is 40.8 Å². The Morgan fingerprint density at radius 3 is 2.17 bits per heavy atom. The van der Waals surface area contributed by atoms with Crippen molar-refractivity contribution in [3.63, 3.8) is 0 Å². The number of rotatable bonds is 6. The molecule has 0 saturated heterocycles. The van der Waals surface area contributed by atoms with Gasteiger partial charge in [0.1, 0.15) is 5.58 Å². The molecule has 0 amide bonds. The van der Waals surface area contributed by atoms with Crippen molar-refractivity contribution in [1.29, 1.82) is 0 Å². The molecule has 0 unspecified atom stereocenters. The molecule has 0 bridgehead atoms. The van der Waals surface area contributed by atoms with E-state index in [4.69, 9.17) is 16.8 Å². The SMILES string of the molecule is [2H]C([2H])([2H])c1ccc(-c2[c-]cccc2)nc1.[2H]C([2H])([2H])c1cnc(-c2[c-]ccc3c2oc2c(-c4ccc([Si](C)(C)C)cc4)cccc23)cc1-c1ccc(C2([2H])CCC(C)(C)CC2)cc1C([2H])([2H])[2H].[Ir]. The summed E-state index contributed by atoms with van der Waals surface area (Å²) in [7, 11) is -1.47. The van der Waals surface area contributed by atoms with Crippen LogP contribution in [0.5, 0.6) is 0 Å². The van der Waals surface area contributed by atoms with Crippen LogP contribution in [0, 0.1) is 38.1 Å². The van der Waals surface area contributed by atoms with E-state index in [1.807, 2.05) is 54.6 Å². The zero-order valence-corrected chi connectivity index (χ0v) is 37.5. The zero-order valence-electron chi connectivity index (χ0n) is 44.1. The van der Waals surface area contributed by atoms with Gasteiger partial charge in [0.05, 0.1) is 13.7 Å². The molecular weight excluding hydrogens is 913 g/mol. The first-order chi connectivity index (χ1) is 31.8. The number of hydrogen-bond acceptors (Lipinski definition) is 3. The number of para-hydroxylation sites is 1. The molecule has 3 heterocycles. The van der Waals surface area contributed by atoms with Crippen LogP contribution in [0.15, 0.2) is 132 Å². The van der Waals surface area contributed by atoms with E-state index in [0.717, 1.165) is 51.6 Å². The van der Waals surface area contributed by atoms with E-state index in [-0.39, 0.29) is 47.8 Å². The fourth-order valence-electron chi connectivity index (χ4n) is 7.77. The fourth-order valence-corrected chi connectivity index (χ4v) is 8.93. The van der Waals surface area contributed by atoms with E-state index in [2.05, 4.69) is 79.9 Å². The monoisotopic (exact) mass is 977 g/mol. The third-order valence-electron chi connectivity index (χ3n) is 11.4. The number of furan rings is 1. The van der Waals surface area contributed by atoms with Gasteiger partial charge in [-0.25, -0.2) is 0 Å². The minimum Gasteiger partial charge on any atom is -0.500 e. The summed E-state index contributed by atoms with van der Waals surface area (Å²) in [4.78, 5) is 8.75. The van der Waals surface area contributed by atoms with Crippen LogP contribution < -0.4 is 5.19 Å². The smallest absolute Gasteiger partial charge is 0.128 e. The number of hydrogen-bond donors (Lipinski definition) is 0. The van der Waals surface area contributed by atoms with E-state index in [1.165, 1.54) is 17.6 Å². The van der Waals surface area contributed by atoms with E-state index >= 15 is 0 Å². The Bertz CT molecular complexity index is 3090. The molecule has 59 heavy (non-hydrogen) atoms. The van der Waals surface area contributed by atoms with Crippen molar-refractivity contribution in [2.45, 2.75) is 85.6 Å². The third kappa shape index (κ3) is 9.14. The Morgan fingerprint density at radius 2 is 1.47 bits per heavy atom. The van der Waals surface area contributed by atoms with Crippen molar-refractivity contribution < 1.29 is 38.2 Å². The van der Waals surface area contributed by atoms with Crippen LogP contribution in [0.4, 0.5) is 0 Å². The molecule has 1 radical (unpaired) electrons. The summed E-state index contributed by atoms with van der Waals surface area (Å²) in [6.07, 6.45) is 5.71. The molecule has 301 valence electrons. The molecule has 1 aliphatic rings. The summed E-state index contributed by atoms with van der Waals surface area (Å²) in [6, 6.07) is 42.4. The Kier molecular flexibility index (Phi) is 9.12. The summed E-state index contributed by atoms with van der Waals surface area (Å²) in [6.45, 7) is 4.18. The average Bonchev–Trinajstić information content (AvgIpc) is 3.69. The number of nitrogens with zero attached hydrogens (tertiary/aromatic N) is 2. The van der Waals surface area contributed by atoms with Crippen molar-refractivity contribution in [3.05, 3.63) is 162 Å². The Balaban J connectivity index is 0.000000350. The van der Waals surface area contributed by atoms with Crippen molar-refractivity contribution >= 4 is 35.2 Å². The largest absolute Gasteiger partial charge is 0.500 e. The topological polar surface area (TPSA) is 38.9 Å². The van der Waals surface area contributed by atoms with Gasteiger partial charge in [0.2, 0.25) is 0 Å². The van der Waals surface area contributed by atoms with Gasteiger partial charge in [0.25, 0.3) is 0 Å². The average molecular weight is 977 g/mol. The molecule has 0 atom stereocenters.